The second-order valence-corrected chi connectivity index (χ2v) is 4.17. The second-order valence-electron chi connectivity index (χ2n) is 3.01. The lowest BCUT2D eigenvalue weighted by molar-refractivity contribution is -0.387. The van der Waals surface area contributed by atoms with Gasteiger partial charge in [-0.3, -0.25) is 10.1 Å². The number of thioether (sulfide) groups is 1. The third kappa shape index (κ3) is 4.78. The number of hydrogen-bond donors (Lipinski definition) is 0. The number of benzene rings is 1. The Balaban J connectivity index is 2.49. The molecule has 1 aromatic rings. The van der Waals surface area contributed by atoms with Crippen molar-refractivity contribution in [2.75, 3.05) is 12.4 Å². The van der Waals surface area contributed by atoms with Crippen LogP contribution in [0, 0.1) is 15.9 Å². The number of hydrogen-bond acceptors (Lipinski definition) is 4. The molecule has 1 rings (SSSR count). The Morgan fingerprint density at radius 3 is 2.56 bits per heavy atom. The van der Waals surface area contributed by atoms with Crippen LogP contribution in [0.5, 0.6) is 5.75 Å². The molecule has 0 N–H and O–H groups in total. The van der Waals surface area contributed by atoms with Crippen molar-refractivity contribution in [1.82, 2.24) is 0 Å². The molecule has 100 valence electrons. The summed E-state index contributed by atoms with van der Waals surface area (Å²) in [5.74, 6) is -1.50. The van der Waals surface area contributed by atoms with Crippen LogP contribution in [0.15, 0.2) is 18.2 Å². The number of halogens is 4. The maximum atomic E-state index is 13.1. The molecule has 0 aliphatic rings. The fraction of sp³-hybridized carbons (Fsp3) is 0.333. The summed E-state index contributed by atoms with van der Waals surface area (Å²) in [6.07, 6.45) is 0. The molecule has 0 aromatic heterocycles. The quantitative estimate of drug-likeness (QED) is 0.360. The van der Waals surface area contributed by atoms with Crippen LogP contribution in [-0.2, 0) is 0 Å². The van der Waals surface area contributed by atoms with Gasteiger partial charge >= 0.3 is 11.2 Å². The van der Waals surface area contributed by atoms with Gasteiger partial charge in [0.05, 0.1) is 11.5 Å². The van der Waals surface area contributed by atoms with E-state index in [1.54, 1.807) is 0 Å². The van der Waals surface area contributed by atoms with E-state index in [0.717, 1.165) is 18.2 Å². The molecular weight excluding hydrogens is 278 g/mol. The molecule has 0 aliphatic heterocycles. The molecule has 0 spiro atoms. The van der Waals surface area contributed by atoms with Crippen LogP contribution in [0.2, 0.25) is 0 Å². The summed E-state index contributed by atoms with van der Waals surface area (Å²) in [6.45, 7) is -0.276. The highest BCUT2D eigenvalue weighted by Gasteiger charge is 2.27. The summed E-state index contributed by atoms with van der Waals surface area (Å²) in [5, 5.41) is 10.3. The van der Waals surface area contributed by atoms with Crippen molar-refractivity contribution < 1.29 is 27.2 Å². The highest BCUT2D eigenvalue weighted by Crippen LogP contribution is 2.30. The first kappa shape index (κ1) is 14.6. The van der Waals surface area contributed by atoms with Gasteiger partial charge in [0.1, 0.15) is 5.75 Å². The van der Waals surface area contributed by atoms with Crippen LogP contribution in [0.3, 0.4) is 0 Å². The molecule has 0 fully saturated rings. The van der Waals surface area contributed by atoms with E-state index in [0.29, 0.717) is 0 Å². The third-order valence-corrected chi connectivity index (χ3v) is 2.43. The fourth-order valence-electron chi connectivity index (χ4n) is 1.04. The van der Waals surface area contributed by atoms with Crippen LogP contribution in [0.4, 0.5) is 23.2 Å². The molecule has 4 nitrogen and oxygen atoms in total. The van der Waals surface area contributed by atoms with Crippen molar-refractivity contribution in [2.24, 2.45) is 0 Å². The predicted molar refractivity (Wildman–Crippen MR) is 57.1 cm³/mol. The standard InChI is InChI=1S/C9H7F4NO3S/c10-7-5-6(1-2-8(7)14(15)16)17-3-4-18-9(11,12)13/h1-2,5H,3-4H2. The lowest BCUT2D eigenvalue weighted by Gasteiger charge is -2.07. The second kappa shape index (κ2) is 5.89. The molecule has 0 radical (unpaired) electrons. The summed E-state index contributed by atoms with van der Waals surface area (Å²) >= 11 is -0.262. The molecular formula is C9H7F4NO3S. The Labute approximate surface area is 103 Å². The SMILES string of the molecule is O=[N+]([O-])c1ccc(OCCSC(F)(F)F)cc1F. The average Bonchev–Trinajstić information content (AvgIpc) is 2.22. The van der Waals surface area contributed by atoms with Crippen LogP contribution in [0.1, 0.15) is 0 Å². The highest BCUT2D eigenvalue weighted by molar-refractivity contribution is 8.00. The van der Waals surface area contributed by atoms with Gasteiger partial charge in [-0.15, -0.1) is 0 Å². The molecule has 18 heavy (non-hydrogen) atoms. The molecule has 0 aliphatic carbocycles. The van der Waals surface area contributed by atoms with E-state index in [4.69, 9.17) is 4.74 Å². The maximum Gasteiger partial charge on any atom is 0.441 e. The number of rotatable bonds is 5. The van der Waals surface area contributed by atoms with Gasteiger partial charge in [-0.25, -0.2) is 0 Å². The lowest BCUT2D eigenvalue weighted by Crippen LogP contribution is -2.07. The zero-order valence-electron chi connectivity index (χ0n) is 8.74. The molecule has 0 atom stereocenters. The van der Waals surface area contributed by atoms with Crippen molar-refractivity contribution in [3.63, 3.8) is 0 Å². The zero-order valence-corrected chi connectivity index (χ0v) is 9.55. The van der Waals surface area contributed by atoms with Gasteiger partial charge in [-0.2, -0.15) is 17.6 Å². The van der Waals surface area contributed by atoms with E-state index in [-0.39, 0.29) is 29.9 Å². The summed E-state index contributed by atoms with van der Waals surface area (Å²) < 4.78 is 53.2. The Hall–Kier alpha value is -1.51. The molecule has 0 saturated heterocycles. The maximum absolute atomic E-state index is 13.1. The molecule has 0 unspecified atom stereocenters. The fourth-order valence-corrected chi connectivity index (χ4v) is 1.44. The van der Waals surface area contributed by atoms with Gasteiger partial charge in [0, 0.05) is 17.9 Å². The summed E-state index contributed by atoms with van der Waals surface area (Å²) in [7, 11) is 0. The molecule has 0 saturated carbocycles. The Morgan fingerprint density at radius 1 is 1.39 bits per heavy atom. The Kier molecular flexibility index (Phi) is 4.76. The molecule has 1 aromatic carbocycles. The predicted octanol–water partition coefficient (Wildman–Crippen LogP) is 3.37. The van der Waals surface area contributed by atoms with Gasteiger partial charge in [0.25, 0.3) is 0 Å². The minimum absolute atomic E-state index is 0.0547. The van der Waals surface area contributed by atoms with E-state index < -0.39 is 21.9 Å². The van der Waals surface area contributed by atoms with Gasteiger partial charge in [-0.1, -0.05) is 0 Å². The monoisotopic (exact) mass is 285 g/mol. The minimum atomic E-state index is -4.34. The van der Waals surface area contributed by atoms with Gasteiger partial charge < -0.3 is 4.74 Å². The first-order chi connectivity index (χ1) is 8.29. The molecule has 0 amide bonds. The zero-order chi connectivity index (χ0) is 13.8. The number of nitro benzene ring substituents is 1. The van der Waals surface area contributed by atoms with E-state index in [9.17, 15) is 27.7 Å². The van der Waals surface area contributed by atoms with Gasteiger partial charge in [-0.05, 0) is 17.8 Å². The van der Waals surface area contributed by atoms with Crippen molar-refractivity contribution in [1.29, 1.82) is 0 Å². The number of alkyl halides is 3. The summed E-state index contributed by atoms with van der Waals surface area (Å²) in [4.78, 5) is 9.40. The normalized spacial score (nSPS) is 11.3. The Morgan fingerprint density at radius 2 is 2.06 bits per heavy atom. The van der Waals surface area contributed by atoms with Gasteiger partial charge in [0.15, 0.2) is 0 Å². The van der Waals surface area contributed by atoms with E-state index in [2.05, 4.69) is 0 Å². The molecule has 0 heterocycles. The van der Waals surface area contributed by atoms with Crippen LogP contribution in [0.25, 0.3) is 0 Å². The van der Waals surface area contributed by atoms with Crippen molar-refractivity contribution in [3.05, 3.63) is 34.1 Å². The number of nitrogens with zero attached hydrogens (tertiary/aromatic N) is 1. The van der Waals surface area contributed by atoms with Crippen molar-refractivity contribution in [3.8, 4) is 5.75 Å². The van der Waals surface area contributed by atoms with Gasteiger partial charge in [0.2, 0.25) is 5.82 Å². The van der Waals surface area contributed by atoms with E-state index in [1.807, 2.05) is 0 Å². The summed E-state index contributed by atoms with van der Waals surface area (Å²) in [6, 6.07) is 2.78. The highest BCUT2D eigenvalue weighted by atomic mass is 32.2. The van der Waals surface area contributed by atoms with E-state index >= 15 is 0 Å². The van der Waals surface area contributed by atoms with Crippen LogP contribution >= 0.6 is 11.8 Å². The molecule has 9 heteroatoms. The third-order valence-electron chi connectivity index (χ3n) is 1.73. The van der Waals surface area contributed by atoms with Crippen molar-refractivity contribution in [2.45, 2.75) is 5.51 Å². The summed E-state index contributed by atoms with van der Waals surface area (Å²) in [5.41, 5.74) is -5.06. The largest absolute Gasteiger partial charge is 0.493 e. The topological polar surface area (TPSA) is 52.4 Å². The number of nitro groups is 1. The Bertz CT molecular complexity index is 438. The first-order valence-corrected chi connectivity index (χ1v) is 5.55. The van der Waals surface area contributed by atoms with Crippen molar-refractivity contribution >= 4 is 17.4 Å². The smallest absolute Gasteiger partial charge is 0.441 e. The van der Waals surface area contributed by atoms with Crippen LogP contribution < -0.4 is 4.74 Å². The first-order valence-electron chi connectivity index (χ1n) is 4.57. The average molecular weight is 285 g/mol. The van der Waals surface area contributed by atoms with E-state index in [1.165, 1.54) is 0 Å². The minimum Gasteiger partial charge on any atom is -0.493 e. The number of ether oxygens (including phenoxy) is 1. The van der Waals surface area contributed by atoms with Crippen LogP contribution in [-0.4, -0.2) is 22.8 Å². The lowest BCUT2D eigenvalue weighted by atomic mass is 10.3. The molecule has 0 bridgehead atoms.